The van der Waals surface area contributed by atoms with Crippen molar-refractivity contribution in [2.45, 2.75) is 6.54 Å². The number of rotatable bonds is 1. The van der Waals surface area contributed by atoms with Crippen molar-refractivity contribution in [3.8, 4) is 17.0 Å². The fourth-order valence-corrected chi connectivity index (χ4v) is 2.87. The molecule has 1 aromatic heterocycles. The van der Waals surface area contributed by atoms with E-state index in [9.17, 15) is 9.59 Å². The minimum absolute atomic E-state index is 0.267. The Hall–Kier alpha value is -2.50. The fraction of sp³-hybridized carbons (Fsp3) is 0.333. The van der Waals surface area contributed by atoms with Crippen molar-refractivity contribution < 1.29 is 4.74 Å². The average molecular weight is 287 g/mol. The van der Waals surface area contributed by atoms with Gasteiger partial charge in [0.1, 0.15) is 11.4 Å². The maximum Gasteiger partial charge on any atom is 0.331 e. The average Bonchev–Trinajstić information content (AvgIpc) is 2.48. The van der Waals surface area contributed by atoms with Gasteiger partial charge in [0.05, 0.1) is 12.8 Å². The fourth-order valence-electron chi connectivity index (χ4n) is 2.87. The molecule has 0 fully saturated rings. The molecule has 110 valence electrons. The molecule has 21 heavy (non-hydrogen) atoms. The van der Waals surface area contributed by atoms with Crippen molar-refractivity contribution in [1.29, 1.82) is 0 Å². The van der Waals surface area contributed by atoms with Crippen molar-refractivity contribution in [2.75, 3.05) is 19.1 Å². The molecule has 0 saturated carbocycles. The van der Waals surface area contributed by atoms with Crippen LogP contribution < -0.4 is 20.9 Å². The number of hydrogen-bond donors (Lipinski definition) is 0. The van der Waals surface area contributed by atoms with Gasteiger partial charge in [-0.2, -0.15) is 0 Å². The van der Waals surface area contributed by atoms with Gasteiger partial charge in [-0.3, -0.25) is 13.9 Å². The molecule has 0 aliphatic carbocycles. The van der Waals surface area contributed by atoms with Gasteiger partial charge >= 0.3 is 5.69 Å². The van der Waals surface area contributed by atoms with Crippen molar-refractivity contribution in [1.82, 2.24) is 9.13 Å². The van der Waals surface area contributed by atoms with Crippen LogP contribution in [0.15, 0.2) is 27.8 Å². The first kappa shape index (κ1) is 13.5. The second kappa shape index (κ2) is 4.51. The molecule has 6 nitrogen and oxygen atoms in total. The van der Waals surface area contributed by atoms with Crippen LogP contribution in [0.4, 0.5) is 5.69 Å². The van der Waals surface area contributed by atoms with Crippen LogP contribution in [0.25, 0.3) is 11.3 Å². The van der Waals surface area contributed by atoms with Crippen LogP contribution in [-0.2, 0) is 20.6 Å². The van der Waals surface area contributed by atoms with Gasteiger partial charge in [0.15, 0.2) is 0 Å². The third kappa shape index (κ3) is 1.79. The highest BCUT2D eigenvalue weighted by molar-refractivity contribution is 5.80. The molecule has 0 saturated heterocycles. The van der Waals surface area contributed by atoms with Gasteiger partial charge in [0.2, 0.25) is 0 Å². The van der Waals surface area contributed by atoms with Crippen LogP contribution in [0.2, 0.25) is 0 Å². The van der Waals surface area contributed by atoms with E-state index in [1.54, 1.807) is 14.2 Å². The number of methoxy groups -OCH3 is 1. The molecule has 0 atom stereocenters. The number of aromatic nitrogens is 2. The summed E-state index contributed by atoms with van der Waals surface area (Å²) in [5.74, 6) is 0.763. The summed E-state index contributed by atoms with van der Waals surface area (Å²) in [6.45, 7) is 0.604. The van der Waals surface area contributed by atoms with Crippen LogP contribution in [0.5, 0.6) is 5.75 Å². The molecule has 0 amide bonds. The van der Waals surface area contributed by atoms with Gasteiger partial charge in [-0.1, -0.05) is 0 Å². The van der Waals surface area contributed by atoms with E-state index in [1.807, 2.05) is 30.1 Å². The van der Waals surface area contributed by atoms with Gasteiger partial charge in [-0.05, 0) is 23.8 Å². The molecular formula is C15H17N3O3. The van der Waals surface area contributed by atoms with Crippen LogP contribution in [0, 0.1) is 0 Å². The summed E-state index contributed by atoms with van der Waals surface area (Å²) in [6.07, 6.45) is 0. The topological polar surface area (TPSA) is 56.5 Å². The predicted molar refractivity (Wildman–Crippen MR) is 81.0 cm³/mol. The Balaban J connectivity index is 2.42. The number of ether oxygens (including phenoxy) is 1. The summed E-state index contributed by atoms with van der Waals surface area (Å²) in [6, 6.07) is 5.69. The third-order valence-electron chi connectivity index (χ3n) is 4.00. The standard InChI is InChI=1S/C15H17N3O3/c1-16-8-9-7-10(21-4)5-6-11(9)12-13(16)14(19)18(3)15(20)17(12)2/h5-7H,8H2,1-4H3. The number of hydrogen-bond acceptors (Lipinski definition) is 4. The summed E-state index contributed by atoms with van der Waals surface area (Å²) >= 11 is 0. The number of fused-ring (bicyclic) bond motifs is 3. The van der Waals surface area contributed by atoms with E-state index in [4.69, 9.17) is 4.74 Å². The van der Waals surface area contributed by atoms with Crippen molar-refractivity contribution in [3.63, 3.8) is 0 Å². The highest BCUT2D eigenvalue weighted by Gasteiger charge is 2.27. The second-order valence-corrected chi connectivity index (χ2v) is 5.28. The number of nitrogens with zero attached hydrogens (tertiary/aromatic N) is 3. The summed E-state index contributed by atoms with van der Waals surface area (Å²) < 4.78 is 7.92. The van der Waals surface area contributed by atoms with Gasteiger partial charge in [-0.25, -0.2) is 4.79 Å². The van der Waals surface area contributed by atoms with Crippen LogP contribution >= 0.6 is 0 Å². The molecule has 3 rings (SSSR count). The van der Waals surface area contributed by atoms with Crippen LogP contribution in [-0.4, -0.2) is 23.3 Å². The maximum absolute atomic E-state index is 12.4. The Morgan fingerprint density at radius 1 is 1.10 bits per heavy atom. The largest absolute Gasteiger partial charge is 0.497 e. The third-order valence-corrected chi connectivity index (χ3v) is 4.00. The zero-order chi connectivity index (χ0) is 15.3. The molecule has 6 heteroatoms. The summed E-state index contributed by atoms with van der Waals surface area (Å²) in [4.78, 5) is 26.5. The lowest BCUT2D eigenvalue weighted by molar-refractivity contribution is 0.414. The molecule has 0 radical (unpaired) electrons. The zero-order valence-corrected chi connectivity index (χ0v) is 12.5. The highest BCUT2D eigenvalue weighted by Crippen LogP contribution is 2.36. The zero-order valence-electron chi connectivity index (χ0n) is 12.5. The SMILES string of the molecule is COc1ccc2c(c1)CN(C)c1c-2n(C)c(=O)n(C)c1=O. The van der Waals surface area contributed by atoms with E-state index in [-0.39, 0.29) is 11.2 Å². The lowest BCUT2D eigenvalue weighted by atomic mass is 9.98. The molecule has 2 heterocycles. The van der Waals surface area contributed by atoms with E-state index in [1.165, 1.54) is 11.6 Å². The van der Waals surface area contributed by atoms with Gasteiger partial charge < -0.3 is 9.64 Å². The lowest BCUT2D eigenvalue weighted by Crippen LogP contribution is -2.42. The first-order valence-electron chi connectivity index (χ1n) is 6.64. The number of benzene rings is 1. The minimum atomic E-state index is -0.323. The minimum Gasteiger partial charge on any atom is -0.497 e. The summed E-state index contributed by atoms with van der Waals surface area (Å²) in [5, 5.41) is 0. The maximum atomic E-state index is 12.4. The molecule has 2 aromatic rings. The lowest BCUT2D eigenvalue weighted by Gasteiger charge is -2.30. The monoisotopic (exact) mass is 287 g/mol. The van der Waals surface area contributed by atoms with Gasteiger partial charge in [0, 0.05) is 33.3 Å². The molecule has 0 unspecified atom stereocenters. The number of anilines is 1. The first-order valence-corrected chi connectivity index (χ1v) is 6.64. The second-order valence-electron chi connectivity index (χ2n) is 5.28. The predicted octanol–water partition coefficient (Wildman–Crippen LogP) is 0.709. The molecule has 0 bridgehead atoms. The normalized spacial score (nSPS) is 12.9. The molecule has 0 N–H and O–H groups in total. The molecule has 1 aromatic carbocycles. The molecular weight excluding hydrogens is 270 g/mol. The Labute approximate surface area is 121 Å². The van der Waals surface area contributed by atoms with Crippen molar-refractivity contribution in [2.24, 2.45) is 14.1 Å². The van der Waals surface area contributed by atoms with E-state index < -0.39 is 0 Å². The molecule has 1 aliphatic rings. The van der Waals surface area contributed by atoms with Crippen LogP contribution in [0.1, 0.15) is 5.56 Å². The van der Waals surface area contributed by atoms with Gasteiger partial charge in [0.25, 0.3) is 5.56 Å². The van der Waals surface area contributed by atoms with Crippen LogP contribution in [0.3, 0.4) is 0 Å². The first-order chi connectivity index (χ1) is 9.95. The van der Waals surface area contributed by atoms with E-state index in [0.29, 0.717) is 17.9 Å². The van der Waals surface area contributed by atoms with E-state index in [0.717, 1.165) is 21.4 Å². The van der Waals surface area contributed by atoms with Crippen molar-refractivity contribution >= 4 is 5.69 Å². The Morgan fingerprint density at radius 2 is 1.81 bits per heavy atom. The summed E-state index contributed by atoms with van der Waals surface area (Å²) in [5.41, 5.74) is 2.56. The smallest absolute Gasteiger partial charge is 0.331 e. The Morgan fingerprint density at radius 3 is 2.48 bits per heavy atom. The quantitative estimate of drug-likeness (QED) is 0.775. The van der Waals surface area contributed by atoms with Crippen molar-refractivity contribution in [3.05, 3.63) is 44.6 Å². The Bertz CT molecular complexity index is 848. The Kier molecular flexibility index (Phi) is 2.90. The molecule has 0 spiro atoms. The highest BCUT2D eigenvalue weighted by atomic mass is 16.5. The van der Waals surface area contributed by atoms with Gasteiger partial charge in [-0.15, -0.1) is 0 Å². The summed E-state index contributed by atoms with van der Waals surface area (Å²) in [7, 11) is 6.66. The van der Waals surface area contributed by atoms with E-state index in [2.05, 4.69) is 0 Å². The molecule has 1 aliphatic heterocycles. The van der Waals surface area contributed by atoms with E-state index >= 15 is 0 Å².